The van der Waals surface area contributed by atoms with Gasteiger partial charge in [-0.1, -0.05) is 60.2 Å². The number of fused-ring (bicyclic) bond motifs is 3. The van der Waals surface area contributed by atoms with Gasteiger partial charge in [0.05, 0.1) is 18.0 Å². The molecule has 0 radical (unpaired) electrons. The largest absolute Gasteiger partial charge is 0.493 e. The highest BCUT2D eigenvalue weighted by Crippen LogP contribution is 2.40. The summed E-state index contributed by atoms with van der Waals surface area (Å²) < 4.78 is 8.11. The van der Waals surface area contributed by atoms with Crippen molar-refractivity contribution in [2.45, 2.75) is 13.3 Å². The number of aryl methyl sites for hydroxylation is 1. The topological polar surface area (TPSA) is 27.1 Å². The molecule has 1 aromatic heterocycles. The van der Waals surface area contributed by atoms with Crippen LogP contribution in [0.15, 0.2) is 78.9 Å². The van der Waals surface area contributed by atoms with Crippen molar-refractivity contribution in [3.63, 3.8) is 0 Å². The van der Waals surface area contributed by atoms with E-state index >= 15 is 0 Å². The molecule has 0 spiro atoms. The highest BCUT2D eigenvalue weighted by molar-refractivity contribution is 5.79. The van der Waals surface area contributed by atoms with Crippen molar-refractivity contribution < 1.29 is 4.74 Å². The van der Waals surface area contributed by atoms with Crippen LogP contribution >= 0.6 is 0 Å². The van der Waals surface area contributed by atoms with Crippen LogP contribution in [0.3, 0.4) is 0 Å². The number of rotatable bonds is 2. The number of ether oxygens (including phenoxy) is 1. The Morgan fingerprint density at radius 2 is 1.63 bits per heavy atom. The lowest BCUT2D eigenvalue weighted by atomic mass is 9.99. The van der Waals surface area contributed by atoms with Crippen molar-refractivity contribution in [3.8, 4) is 34.0 Å². The molecule has 0 atom stereocenters. The first-order chi connectivity index (χ1) is 13.3. The molecule has 3 nitrogen and oxygen atoms in total. The lowest BCUT2D eigenvalue weighted by Crippen LogP contribution is -2.03. The smallest absolute Gasteiger partial charge is 0.128 e. The SMILES string of the molecule is Cc1ccc2c(c1)-c1nn(-c3ccccc3)c(-c3ccccc3)c1CCO2. The van der Waals surface area contributed by atoms with Gasteiger partial charge in [-0.3, -0.25) is 0 Å². The van der Waals surface area contributed by atoms with E-state index in [2.05, 4.69) is 78.3 Å². The fourth-order valence-corrected chi connectivity index (χ4v) is 3.77. The Hall–Kier alpha value is -3.33. The van der Waals surface area contributed by atoms with Gasteiger partial charge < -0.3 is 4.74 Å². The van der Waals surface area contributed by atoms with Crippen molar-refractivity contribution in [2.24, 2.45) is 0 Å². The fraction of sp³-hybridized carbons (Fsp3) is 0.125. The molecule has 0 amide bonds. The van der Waals surface area contributed by atoms with Crippen molar-refractivity contribution in [3.05, 3.63) is 90.0 Å². The molecule has 0 unspecified atom stereocenters. The molecule has 1 aliphatic heterocycles. The number of para-hydroxylation sites is 1. The van der Waals surface area contributed by atoms with Crippen molar-refractivity contribution in [2.75, 3.05) is 6.61 Å². The van der Waals surface area contributed by atoms with Gasteiger partial charge in [-0.15, -0.1) is 0 Å². The number of aromatic nitrogens is 2. The van der Waals surface area contributed by atoms with Crippen LogP contribution in [0.2, 0.25) is 0 Å². The highest BCUT2D eigenvalue weighted by atomic mass is 16.5. The third kappa shape index (κ3) is 2.72. The summed E-state index contributed by atoms with van der Waals surface area (Å²) in [6, 6.07) is 27.2. The van der Waals surface area contributed by atoms with Crippen LogP contribution in [0.25, 0.3) is 28.2 Å². The van der Waals surface area contributed by atoms with Gasteiger partial charge in [-0.05, 0) is 31.2 Å². The molecule has 27 heavy (non-hydrogen) atoms. The standard InChI is InChI=1S/C24H20N2O/c1-17-12-13-22-21(16-17)23-20(14-15-27-22)24(18-8-4-2-5-9-18)26(25-23)19-10-6-3-7-11-19/h2-13,16H,14-15H2,1H3. The predicted octanol–water partition coefficient (Wildman–Crippen LogP) is 5.45. The van der Waals surface area contributed by atoms with Crippen molar-refractivity contribution >= 4 is 0 Å². The predicted molar refractivity (Wildman–Crippen MR) is 108 cm³/mol. The molecule has 132 valence electrons. The van der Waals surface area contributed by atoms with Crippen LogP contribution in [0, 0.1) is 6.92 Å². The summed E-state index contributed by atoms with van der Waals surface area (Å²) in [5.41, 5.74) is 7.94. The van der Waals surface area contributed by atoms with E-state index in [4.69, 9.17) is 9.84 Å². The van der Waals surface area contributed by atoms with E-state index in [0.29, 0.717) is 6.61 Å². The normalized spacial score (nSPS) is 12.6. The van der Waals surface area contributed by atoms with E-state index in [-0.39, 0.29) is 0 Å². The van der Waals surface area contributed by atoms with E-state index in [1.165, 1.54) is 16.7 Å². The van der Waals surface area contributed by atoms with E-state index in [9.17, 15) is 0 Å². The molecule has 0 aliphatic carbocycles. The molecule has 3 heteroatoms. The van der Waals surface area contributed by atoms with Gasteiger partial charge in [0.1, 0.15) is 11.4 Å². The Labute approximate surface area is 158 Å². The van der Waals surface area contributed by atoms with Gasteiger partial charge in [0, 0.05) is 23.1 Å². The first-order valence-electron chi connectivity index (χ1n) is 9.28. The maximum Gasteiger partial charge on any atom is 0.128 e. The van der Waals surface area contributed by atoms with Crippen LogP contribution in [-0.4, -0.2) is 16.4 Å². The van der Waals surface area contributed by atoms with Crippen LogP contribution in [0.4, 0.5) is 0 Å². The number of hydrogen-bond donors (Lipinski definition) is 0. The van der Waals surface area contributed by atoms with E-state index in [1.807, 2.05) is 12.1 Å². The van der Waals surface area contributed by atoms with Crippen LogP contribution in [0.5, 0.6) is 5.75 Å². The molecule has 4 aromatic rings. The Morgan fingerprint density at radius 3 is 2.41 bits per heavy atom. The molecule has 5 rings (SSSR count). The van der Waals surface area contributed by atoms with E-state index in [1.54, 1.807) is 0 Å². The average Bonchev–Trinajstić information content (AvgIpc) is 3.01. The molecule has 0 saturated heterocycles. The van der Waals surface area contributed by atoms with Gasteiger partial charge in [-0.2, -0.15) is 5.10 Å². The second-order valence-corrected chi connectivity index (χ2v) is 6.89. The van der Waals surface area contributed by atoms with E-state index in [0.717, 1.165) is 34.8 Å². The Kier molecular flexibility index (Phi) is 3.79. The molecular formula is C24H20N2O. The first kappa shape index (κ1) is 15.9. The quantitative estimate of drug-likeness (QED) is 0.480. The zero-order valence-corrected chi connectivity index (χ0v) is 15.2. The number of benzene rings is 3. The molecule has 0 fully saturated rings. The molecule has 2 heterocycles. The van der Waals surface area contributed by atoms with Crippen LogP contribution in [-0.2, 0) is 6.42 Å². The third-order valence-corrected chi connectivity index (χ3v) is 5.03. The summed E-state index contributed by atoms with van der Waals surface area (Å²) in [7, 11) is 0. The highest BCUT2D eigenvalue weighted by Gasteiger charge is 2.25. The molecule has 3 aromatic carbocycles. The average molecular weight is 352 g/mol. The van der Waals surface area contributed by atoms with Crippen molar-refractivity contribution in [1.29, 1.82) is 0 Å². The second kappa shape index (κ2) is 6.44. The summed E-state index contributed by atoms with van der Waals surface area (Å²) in [6.45, 7) is 2.76. The Morgan fingerprint density at radius 1 is 0.889 bits per heavy atom. The molecule has 0 bridgehead atoms. The molecule has 0 saturated carbocycles. The fourth-order valence-electron chi connectivity index (χ4n) is 3.77. The summed E-state index contributed by atoms with van der Waals surface area (Å²) in [5, 5.41) is 5.08. The molecular weight excluding hydrogens is 332 g/mol. The third-order valence-electron chi connectivity index (χ3n) is 5.03. The second-order valence-electron chi connectivity index (χ2n) is 6.89. The summed E-state index contributed by atoms with van der Waals surface area (Å²) in [5.74, 6) is 0.914. The Bertz CT molecular complexity index is 1100. The minimum Gasteiger partial charge on any atom is -0.493 e. The summed E-state index contributed by atoms with van der Waals surface area (Å²) in [6.07, 6.45) is 0.833. The molecule has 1 aliphatic rings. The minimum atomic E-state index is 0.656. The van der Waals surface area contributed by atoms with Gasteiger partial charge in [0.15, 0.2) is 0 Å². The zero-order chi connectivity index (χ0) is 18.2. The van der Waals surface area contributed by atoms with Crippen LogP contribution in [0.1, 0.15) is 11.1 Å². The first-order valence-corrected chi connectivity index (χ1v) is 9.28. The maximum absolute atomic E-state index is 6.03. The Balaban J connectivity index is 1.83. The van der Waals surface area contributed by atoms with Gasteiger partial charge >= 0.3 is 0 Å². The monoisotopic (exact) mass is 352 g/mol. The van der Waals surface area contributed by atoms with Gasteiger partial charge in [0.25, 0.3) is 0 Å². The maximum atomic E-state index is 6.03. The van der Waals surface area contributed by atoms with Crippen LogP contribution < -0.4 is 4.74 Å². The lowest BCUT2D eigenvalue weighted by Gasteiger charge is -2.10. The van der Waals surface area contributed by atoms with Gasteiger partial charge in [-0.25, -0.2) is 4.68 Å². The zero-order valence-electron chi connectivity index (χ0n) is 15.2. The van der Waals surface area contributed by atoms with Gasteiger partial charge in [0.2, 0.25) is 0 Å². The summed E-state index contributed by atoms with van der Waals surface area (Å²) >= 11 is 0. The lowest BCUT2D eigenvalue weighted by molar-refractivity contribution is 0.326. The number of hydrogen-bond acceptors (Lipinski definition) is 2. The minimum absolute atomic E-state index is 0.656. The summed E-state index contributed by atoms with van der Waals surface area (Å²) in [4.78, 5) is 0. The molecule has 0 N–H and O–H groups in total. The van der Waals surface area contributed by atoms with Crippen molar-refractivity contribution in [1.82, 2.24) is 9.78 Å². The number of nitrogens with zero attached hydrogens (tertiary/aromatic N) is 2. The van der Waals surface area contributed by atoms with E-state index < -0.39 is 0 Å².